The molecule has 1 atom stereocenters. The van der Waals surface area contributed by atoms with E-state index in [1.54, 1.807) is 23.4 Å². The molecule has 3 rings (SSSR count). The minimum absolute atomic E-state index is 0.0617. The number of hydrogen-bond donors (Lipinski definition) is 1. The Labute approximate surface area is 148 Å². The number of piperidine rings is 1. The monoisotopic (exact) mass is 340 g/mol. The molecule has 2 heterocycles. The molecule has 1 aliphatic rings. The smallest absolute Gasteiger partial charge is 0.254 e. The van der Waals surface area contributed by atoms with Gasteiger partial charge in [-0.25, -0.2) is 0 Å². The highest BCUT2D eigenvalue weighted by molar-refractivity contribution is 5.95. The van der Waals surface area contributed by atoms with Gasteiger partial charge in [-0.05, 0) is 50.5 Å². The highest BCUT2D eigenvalue weighted by Crippen LogP contribution is 2.25. The summed E-state index contributed by atoms with van der Waals surface area (Å²) in [5, 5.41) is 10.9. The zero-order valence-corrected chi connectivity index (χ0v) is 14.7. The van der Waals surface area contributed by atoms with Crippen molar-refractivity contribution in [3.63, 3.8) is 0 Å². The first-order valence-corrected chi connectivity index (χ1v) is 8.59. The second-order valence-corrected chi connectivity index (χ2v) is 6.85. The van der Waals surface area contributed by atoms with Gasteiger partial charge in [0.05, 0.1) is 6.54 Å². The van der Waals surface area contributed by atoms with Gasteiger partial charge in [0.25, 0.3) is 5.91 Å². The van der Waals surface area contributed by atoms with Crippen molar-refractivity contribution in [3.05, 3.63) is 59.4 Å². The highest BCUT2D eigenvalue weighted by Gasteiger charge is 2.36. The summed E-state index contributed by atoms with van der Waals surface area (Å²) in [4.78, 5) is 18.5. The van der Waals surface area contributed by atoms with Crippen molar-refractivity contribution in [3.8, 4) is 5.75 Å². The molecule has 1 saturated heterocycles. The van der Waals surface area contributed by atoms with Crippen LogP contribution in [0.2, 0.25) is 0 Å². The Balaban J connectivity index is 1.66. The number of hydrogen-bond acceptors (Lipinski definition) is 4. The molecule has 0 aliphatic carbocycles. The molecule has 1 aromatic heterocycles. The first kappa shape index (κ1) is 17.4. The van der Waals surface area contributed by atoms with Crippen LogP contribution in [-0.4, -0.2) is 46.2 Å². The minimum Gasteiger partial charge on any atom is -0.491 e. The summed E-state index contributed by atoms with van der Waals surface area (Å²) >= 11 is 0. The van der Waals surface area contributed by atoms with E-state index >= 15 is 0 Å². The Bertz CT molecular complexity index is 745. The van der Waals surface area contributed by atoms with Crippen LogP contribution in [0.5, 0.6) is 5.75 Å². The third-order valence-corrected chi connectivity index (χ3v) is 4.62. The number of amides is 1. The number of aromatic nitrogens is 1. The lowest BCUT2D eigenvalue weighted by Gasteiger charge is -2.39. The summed E-state index contributed by atoms with van der Waals surface area (Å²) in [5.41, 5.74) is 1.61. The third kappa shape index (κ3) is 4.17. The molecule has 0 saturated carbocycles. The minimum atomic E-state index is -1.03. The maximum atomic E-state index is 12.8. The number of nitrogens with zero attached hydrogens (tertiary/aromatic N) is 2. The molecule has 1 aromatic carbocycles. The zero-order chi connectivity index (χ0) is 17.9. The molecular weight excluding hydrogens is 316 g/mol. The van der Waals surface area contributed by atoms with Crippen molar-refractivity contribution in [2.75, 3.05) is 19.7 Å². The van der Waals surface area contributed by atoms with E-state index in [4.69, 9.17) is 4.74 Å². The first-order valence-electron chi connectivity index (χ1n) is 8.59. The van der Waals surface area contributed by atoms with Gasteiger partial charge in [0.2, 0.25) is 0 Å². The number of aliphatic hydroxyl groups is 1. The number of β-amino-alcohol motifs (C(OH)–C–C–N with tert-alkyl or cyclic N) is 1. The van der Waals surface area contributed by atoms with Crippen LogP contribution in [0.15, 0.2) is 42.7 Å². The fraction of sp³-hybridized carbons (Fsp3) is 0.400. The van der Waals surface area contributed by atoms with Gasteiger partial charge < -0.3 is 14.7 Å². The summed E-state index contributed by atoms with van der Waals surface area (Å²) in [5.74, 6) is 0.667. The van der Waals surface area contributed by atoms with Gasteiger partial charge in [-0.15, -0.1) is 0 Å². The standard InChI is InChI=1S/C20H24N2O3/c1-15-4-6-17(7-5-15)25-14-20(24)9-3-11-22(13-20)19(23)18-8-10-21-12-16(18)2/h4-8,10,12,24H,3,9,11,13-14H2,1-2H3. The van der Waals surface area contributed by atoms with Crippen molar-refractivity contribution < 1.29 is 14.6 Å². The van der Waals surface area contributed by atoms with Gasteiger partial charge in [-0.3, -0.25) is 9.78 Å². The number of rotatable bonds is 4. The van der Waals surface area contributed by atoms with Gasteiger partial charge >= 0.3 is 0 Å². The molecule has 25 heavy (non-hydrogen) atoms. The van der Waals surface area contributed by atoms with Gasteiger partial charge in [-0.2, -0.15) is 0 Å². The lowest BCUT2D eigenvalue weighted by molar-refractivity contribution is -0.0532. The van der Waals surface area contributed by atoms with Crippen LogP contribution in [-0.2, 0) is 0 Å². The molecule has 2 aromatic rings. The van der Waals surface area contributed by atoms with Crippen molar-refractivity contribution >= 4 is 5.91 Å². The van der Waals surface area contributed by atoms with Crippen molar-refractivity contribution in [2.24, 2.45) is 0 Å². The summed E-state index contributed by atoms with van der Waals surface area (Å²) in [7, 11) is 0. The van der Waals surface area contributed by atoms with Gasteiger partial charge in [0.1, 0.15) is 18.0 Å². The van der Waals surface area contributed by atoms with E-state index in [0.29, 0.717) is 18.5 Å². The molecule has 1 unspecified atom stereocenters. The van der Waals surface area contributed by atoms with E-state index in [2.05, 4.69) is 4.98 Å². The molecule has 1 amide bonds. The van der Waals surface area contributed by atoms with E-state index in [1.165, 1.54) is 0 Å². The third-order valence-electron chi connectivity index (χ3n) is 4.62. The quantitative estimate of drug-likeness (QED) is 0.930. The first-order chi connectivity index (χ1) is 12.0. The van der Waals surface area contributed by atoms with E-state index in [-0.39, 0.29) is 19.1 Å². The van der Waals surface area contributed by atoms with E-state index in [1.807, 2.05) is 38.1 Å². The lowest BCUT2D eigenvalue weighted by atomic mass is 9.93. The highest BCUT2D eigenvalue weighted by atomic mass is 16.5. The van der Waals surface area contributed by atoms with Crippen molar-refractivity contribution in [1.82, 2.24) is 9.88 Å². The van der Waals surface area contributed by atoms with E-state index in [0.717, 1.165) is 23.3 Å². The number of carbonyl (C=O) groups excluding carboxylic acids is 1. The Kier molecular flexibility index (Phi) is 5.04. The maximum Gasteiger partial charge on any atom is 0.254 e. The number of ether oxygens (including phenoxy) is 1. The largest absolute Gasteiger partial charge is 0.491 e. The Morgan fingerprint density at radius 3 is 2.76 bits per heavy atom. The molecule has 132 valence electrons. The molecule has 1 fully saturated rings. The second kappa shape index (κ2) is 7.23. The predicted molar refractivity (Wildman–Crippen MR) is 95.7 cm³/mol. The average molecular weight is 340 g/mol. The Hall–Kier alpha value is -2.40. The summed E-state index contributed by atoms with van der Waals surface area (Å²) in [6.07, 6.45) is 4.68. The number of carbonyl (C=O) groups is 1. The molecule has 1 aliphatic heterocycles. The maximum absolute atomic E-state index is 12.8. The fourth-order valence-corrected chi connectivity index (χ4v) is 3.14. The van der Waals surface area contributed by atoms with Crippen LogP contribution in [0, 0.1) is 13.8 Å². The number of pyridine rings is 1. The van der Waals surface area contributed by atoms with Crippen LogP contribution in [0.4, 0.5) is 0 Å². The lowest BCUT2D eigenvalue weighted by Crippen LogP contribution is -2.53. The fourth-order valence-electron chi connectivity index (χ4n) is 3.14. The van der Waals surface area contributed by atoms with Gasteiger partial charge in [-0.1, -0.05) is 17.7 Å². The van der Waals surface area contributed by atoms with E-state index in [9.17, 15) is 9.90 Å². The van der Waals surface area contributed by atoms with Crippen molar-refractivity contribution in [2.45, 2.75) is 32.3 Å². The molecule has 5 heteroatoms. The van der Waals surface area contributed by atoms with Crippen molar-refractivity contribution in [1.29, 1.82) is 0 Å². The summed E-state index contributed by atoms with van der Waals surface area (Å²) in [6, 6.07) is 9.47. The number of aryl methyl sites for hydroxylation is 2. The van der Waals surface area contributed by atoms with Crippen LogP contribution in [0.1, 0.15) is 34.3 Å². The SMILES string of the molecule is Cc1ccc(OCC2(O)CCCN(C(=O)c3ccncc3C)C2)cc1. The van der Waals surface area contributed by atoms with Crippen LogP contribution >= 0.6 is 0 Å². The summed E-state index contributed by atoms with van der Waals surface area (Å²) in [6.45, 7) is 4.99. The molecule has 0 radical (unpaired) electrons. The predicted octanol–water partition coefficient (Wildman–Crippen LogP) is 2.74. The van der Waals surface area contributed by atoms with Crippen LogP contribution in [0.3, 0.4) is 0 Å². The molecule has 5 nitrogen and oxygen atoms in total. The molecular formula is C20H24N2O3. The summed E-state index contributed by atoms with van der Waals surface area (Å²) < 4.78 is 5.76. The normalized spacial score (nSPS) is 20.4. The van der Waals surface area contributed by atoms with Crippen LogP contribution < -0.4 is 4.74 Å². The molecule has 0 spiro atoms. The Morgan fingerprint density at radius 1 is 1.28 bits per heavy atom. The number of benzene rings is 1. The molecule has 1 N–H and O–H groups in total. The Morgan fingerprint density at radius 2 is 2.04 bits per heavy atom. The topological polar surface area (TPSA) is 62.7 Å². The number of likely N-dealkylation sites (tertiary alicyclic amines) is 1. The van der Waals surface area contributed by atoms with Crippen LogP contribution in [0.25, 0.3) is 0 Å². The molecule has 0 bridgehead atoms. The van der Waals surface area contributed by atoms with E-state index < -0.39 is 5.60 Å². The second-order valence-electron chi connectivity index (χ2n) is 6.85. The zero-order valence-electron chi connectivity index (χ0n) is 14.7. The average Bonchev–Trinajstić information content (AvgIpc) is 2.61. The van der Waals surface area contributed by atoms with Gasteiger partial charge in [0, 0.05) is 24.5 Å². The van der Waals surface area contributed by atoms with Gasteiger partial charge in [0.15, 0.2) is 0 Å².